The van der Waals surface area contributed by atoms with Crippen LogP contribution in [0.4, 0.5) is 5.69 Å². The molecule has 1 atom stereocenters. The first kappa shape index (κ1) is 13.7. The molecule has 104 valence electrons. The van der Waals surface area contributed by atoms with Gasteiger partial charge < -0.3 is 10.1 Å². The summed E-state index contributed by atoms with van der Waals surface area (Å²) in [4.78, 5) is 14.9. The van der Waals surface area contributed by atoms with E-state index < -0.39 is 0 Å². The van der Waals surface area contributed by atoms with E-state index in [1.807, 2.05) is 6.92 Å². The number of rotatable bonds is 7. The second-order valence-corrected chi connectivity index (χ2v) is 4.78. The van der Waals surface area contributed by atoms with Crippen molar-refractivity contribution in [2.24, 2.45) is 5.92 Å². The van der Waals surface area contributed by atoms with E-state index in [9.17, 15) is 10.1 Å². The van der Waals surface area contributed by atoms with Crippen molar-refractivity contribution in [2.45, 2.75) is 32.2 Å². The number of ether oxygens (including phenoxy) is 1. The predicted molar refractivity (Wildman–Crippen MR) is 71.3 cm³/mol. The monoisotopic (exact) mass is 265 g/mol. The minimum absolute atomic E-state index is 0.0735. The third-order valence-corrected chi connectivity index (χ3v) is 3.40. The Hall–Kier alpha value is -1.69. The van der Waals surface area contributed by atoms with Gasteiger partial charge in [0, 0.05) is 24.6 Å². The van der Waals surface area contributed by atoms with Gasteiger partial charge in [-0.3, -0.25) is 10.1 Å². The molecular formula is C13H19N3O3. The molecular weight excluding hydrogens is 246 g/mol. The highest BCUT2D eigenvalue weighted by molar-refractivity contribution is 5.38. The van der Waals surface area contributed by atoms with E-state index >= 15 is 0 Å². The molecule has 0 spiro atoms. The van der Waals surface area contributed by atoms with Crippen molar-refractivity contribution in [3.8, 4) is 5.88 Å². The molecule has 1 saturated carbocycles. The Balaban J connectivity index is 2.22. The van der Waals surface area contributed by atoms with Gasteiger partial charge in [-0.25, -0.2) is 4.98 Å². The summed E-state index contributed by atoms with van der Waals surface area (Å²) in [6.07, 6.45) is 2.96. The first-order chi connectivity index (χ1) is 9.15. The molecule has 6 nitrogen and oxygen atoms in total. The smallest absolute Gasteiger partial charge is 0.291 e. The molecule has 0 bridgehead atoms. The molecule has 0 aliphatic heterocycles. The lowest BCUT2D eigenvalue weighted by molar-refractivity contribution is -0.386. The Bertz CT molecular complexity index is 460. The summed E-state index contributed by atoms with van der Waals surface area (Å²) in [7, 11) is 1.51. The highest BCUT2D eigenvalue weighted by atomic mass is 16.6. The number of likely N-dealkylation sites (N-methyl/N-ethyl adjacent to an activating group) is 1. The molecule has 1 aliphatic rings. The zero-order valence-electron chi connectivity index (χ0n) is 11.3. The fourth-order valence-corrected chi connectivity index (χ4v) is 2.28. The van der Waals surface area contributed by atoms with Crippen LogP contribution in [0, 0.1) is 16.0 Å². The topological polar surface area (TPSA) is 77.3 Å². The first-order valence-corrected chi connectivity index (χ1v) is 6.57. The molecule has 0 saturated heterocycles. The van der Waals surface area contributed by atoms with Crippen molar-refractivity contribution in [3.63, 3.8) is 0 Å². The summed E-state index contributed by atoms with van der Waals surface area (Å²) in [5.41, 5.74) is 0.576. The standard InChI is InChI=1S/C13H19N3O3/c1-3-14-10(9-4-5-9)8-11-12(16(17)18)6-7-13(15-11)19-2/h6-7,9-10,14H,3-5,8H2,1-2H3. The number of nitro groups is 1. The van der Waals surface area contributed by atoms with Crippen LogP contribution in [-0.4, -0.2) is 29.6 Å². The second kappa shape index (κ2) is 5.97. The molecule has 6 heteroatoms. The van der Waals surface area contributed by atoms with Crippen LogP contribution in [0.5, 0.6) is 5.88 Å². The van der Waals surface area contributed by atoms with Gasteiger partial charge in [-0.15, -0.1) is 0 Å². The molecule has 1 aromatic rings. The molecule has 1 aliphatic carbocycles. The van der Waals surface area contributed by atoms with Crippen molar-refractivity contribution in [3.05, 3.63) is 27.9 Å². The number of aromatic nitrogens is 1. The van der Waals surface area contributed by atoms with Crippen LogP contribution in [-0.2, 0) is 6.42 Å². The van der Waals surface area contributed by atoms with Gasteiger partial charge >= 0.3 is 0 Å². The van der Waals surface area contributed by atoms with Crippen molar-refractivity contribution in [1.82, 2.24) is 10.3 Å². The van der Waals surface area contributed by atoms with E-state index in [4.69, 9.17) is 4.74 Å². The van der Waals surface area contributed by atoms with Gasteiger partial charge in [0.25, 0.3) is 5.69 Å². The van der Waals surface area contributed by atoms with E-state index in [0.29, 0.717) is 23.9 Å². The molecule has 0 amide bonds. The molecule has 0 radical (unpaired) electrons. The van der Waals surface area contributed by atoms with E-state index in [2.05, 4.69) is 10.3 Å². The SMILES string of the molecule is CCNC(Cc1nc(OC)ccc1[N+](=O)[O-])C1CC1. The van der Waals surface area contributed by atoms with Crippen LogP contribution in [0.25, 0.3) is 0 Å². The van der Waals surface area contributed by atoms with Gasteiger partial charge in [-0.1, -0.05) is 6.92 Å². The number of hydrogen-bond acceptors (Lipinski definition) is 5. The lowest BCUT2D eigenvalue weighted by atomic mass is 10.0. The molecule has 1 aromatic heterocycles. The quantitative estimate of drug-likeness (QED) is 0.602. The molecule has 1 heterocycles. The zero-order valence-corrected chi connectivity index (χ0v) is 11.3. The van der Waals surface area contributed by atoms with Gasteiger partial charge in [0.15, 0.2) is 0 Å². The molecule has 1 unspecified atom stereocenters. The number of nitrogens with one attached hydrogen (secondary N) is 1. The number of methoxy groups -OCH3 is 1. The lowest BCUT2D eigenvalue weighted by Gasteiger charge is -2.16. The number of hydrogen-bond donors (Lipinski definition) is 1. The largest absolute Gasteiger partial charge is 0.481 e. The van der Waals surface area contributed by atoms with E-state index in [0.717, 1.165) is 6.54 Å². The van der Waals surface area contributed by atoms with E-state index in [-0.39, 0.29) is 16.7 Å². The van der Waals surface area contributed by atoms with Gasteiger partial charge in [-0.2, -0.15) is 0 Å². The Morgan fingerprint density at radius 1 is 1.58 bits per heavy atom. The minimum atomic E-state index is -0.377. The lowest BCUT2D eigenvalue weighted by Crippen LogP contribution is -2.33. The highest BCUT2D eigenvalue weighted by Crippen LogP contribution is 2.35. The van der Waals surface area contributed by atoms with Crippen molar-refractivity contribution in [2.75, 3.05) is 13.7 Å². The Morgan fingerprint density at radius 3 is 2.84 bits per heavy atom. The maximum absolute atomic E-state index is 11.1. The van der Waals surface area contributed by atoms with Gasteiger partial charge in [0.05, 0.1) is 12.0 Å². The van der Waals surface area contributed by atoms with Gasteiger partial charge in [0.2, 0.25) is 5.88 Å². The van der Waals surface area contributed by atoms with Gasteiger partial charge in [-0.05, 0) is 25.3 Å². The molecule has 2 rings (SSSR count). The summed E-state index contributed by atoms with van der Waals surface area (Å²) in [6, 6.07) is 3.27. The summed E-state index contributed by atoms with van der Waals surface area (Å²) >= 11 is 0. The summed E-state index contributed by atoms with van der Waals surface area (Å²) in [5, 5.41) is 14.4. The highest BCUT2D eigenvalue weighted by Gasteiger charge is 2.32. The van der Waals surface area contributed by atoms with Crippen LogP contribution in [0.2, 0.25) is 0 Å². The molecule has 1 N–H and O–H groups in total. The summed E-state index contributed by atoms with van der Waals surface area (Å²) < 4.78 is 5.05. The van der Waals surface area contributed by atoms with Crippen molar-refractivity contribution < 1.29 is 9.66 Å². The normalized spacial score (nSPS) is 16.1. The van der Waals surface area contributed by atoms with E-state index in [1.54, 1.807) is 0 Å². The fourth-order valence-electron chi connectivity index (χ4n) is 2.28. The summed E-state index contributed by atoms with van der Waals surface area (Å²) in [6.45, 7) is 2.90. The Morgan fingerprint density at radius 2 is 2.32 bits per heavy atom. The van der Waals surface area contributed by atoms with Crippen molar-refractivity contribution in [1.29, 1.82) is 0 Å². The second-order valence-electron chi connectivity index (χ2n) is 4.78. The molecule has 0 aromatic carbocycles. The van der Waals surface area contributed by atoms with E-state index in [1.165, 1.54) is 32.1 Å². The predicted octanol–water partition coefficient (Wildman–Crippen LogP) is 1.93. The zero-order chi connectivity index (χ0) is 13.8. The van der Waals surface area contributed by atoms with Crippen LogP contribution in [0.1, 0.15) is 25.5 Å². The Labute approximate surface area is 112 Å². The van der Waals surface area contributed by atoms with Crippen LogP contribution >= 0.6 is 0 Å². The van der Waals surface area contributed by atoms with Crippen molar-refractivity contribution >= 4 is 5.69 Å². The van der Waals surface area contributed by atoms with Gasteiger partial charge in [0.1, 0.15) is 5.69 Å². The number of nitrogens with zero attached hydrogens (tertiary/aromatic N) is 2. The summed E-state index contributed by atoms with van der Waals surface area (Å²) in [5.74, 6) is 1.04. The third-order valence-electron chi connectivity index (χ3n) is 3.40. The third kappa shape index (κ3) is 3.41. The maximum Gasteiger partial charge on any atom is 0.291 e. The average molecular weight is 265 g/mol. The molecule has 1 fully saturated rings. The molecule has 19 heavy (non-hydrogen) atoms. The van der Waals surface area contributed by atoms with Crippen LogP contribution in [0.3, 0.4) is 0 Å². The number of pyridine rings is 1. The van der Waals surface area contributed by atoms with Crippen LogP contribution < -0.4 is 10.1 Å². The first-order valence-electron chi connectivity index (χ1n) is 6.57. The van der Waals surface area contributed by atoms with Crippen LogP contribution in [0.15, 0.2) is 12.1 Å². The average Bonchev–Trinajstić information content (AvgIpc) is 3.22. The maximum atomic E-state index is 11.1. The minimum Gasteiger partial charge on any atom is -0.481 e. The Kier molecular flexibility index (Phi) is 4.31. The fraction of sp³-hybridized carbons (Fsp3) is 0.615.